The van der Waals surface area contributed by atoms with Crippen molar-refractivity contribution < 1.29 is 9.53 Å². The fourth-order valence-corrected chi connectivity index (χ4v) is 1.81. The Kier molecular flexibility index (Phi) is 2.96. The summed E-state index contributed by atoms with van der Waals surface area (Å²) >= 11 is 0. The van der Waals surface area contributed by atoms with E-state index >= 15 is 0 Å². The van der Waals surface area contributed by atoms with Crippen LogP contribution >= 0.6 is 0 Å². The van der Waals surface area contributed by atoms with Crippen LogP contribution in [0.25, 0.3) is 0 Å². The first-order valence-corrected chi connectivity index (χ1v) is 5.57. The summed E-state index contributed by atoms with van der Waals surface area (Å²) in [5.41, 5.74) is 2.41. The molecule has 2 heterocycles. The molecule has 2 rings (SSSR count). The van der Waals surface area contributed by atoms with Crippen LogP contribution in [0.2, 0.25) is 0 Å². The summed E-state index contributed by atoms with van der Waals surface area (Å²) in [7, 11) is 0. The van der Waals surface area contributed by atoms with Gasteiger partial charge in [-0.1, -0.05) is 0 Å². The minimum Gasteiger partial charge on any atom is -0.371 e. The molecule has 0 spiro atoms. The molecule has 0 unspecified atom stereocenters. The normalized spacial score (nSPS) is 18.6. The van der Waals surface area contributed by atoms with Crippen LogP contribution in [-0.2, 0) is 11.3 Å². The van der Waals surface area contributed by atoms with Crippen LogP contribution in [0.3, 0.4) is 0 Å². The summed E-state index contributed by atoms with van der Waals surface area (Å²) in [6.07, 6.45) is 0.214. The molecule has 0 aromatic carbocycles. The van der Waals surface area contributed by atoms with Crippen molar-refractivity contribution in [3.8, 4) is 0 Å². The predicted octanol–water partition coefficient (Wildman–Crippen LogP) is 0.648. The molecule has 0 saturated carbocycles. The van der Waals surface area contributed by atoms with Gasteiger partial charge in [0.25, 0.3) is 5.91 Å². The Bertz CT molecular complexity index is 408. The van der Waals surface area contributed by atoms with E-state index < -0.39 is 0 Å². The molecule has 1 atom stereocenters. The van der Waals surface area contributed by atoms with Crippen molar-refractivity contribution in [1.82, 2.24) is 15.1 Å². The van der Waals surface area contributed by atoms with Crippen molar-refractivity contribution in [2.75, 3.05) is 13.2 Å². The number of carbonyl (C=O) groups is 1. The van der Waals surface area contributed by atoms with Gasteiger partial charge in [0.1, 0.15) is 0 Å². The maximum Gasteiger partial charge on any atom is 0.255 e. The van der Waals surface area contributed by atoms with Crippen LogP contribution in [0, 0.1) is 13.8 Å². The fraction of sp³-hybridized carbons (Fsp3) is 0.636. The second-order valence-electron chi connectivity index (χ2n) is 4.03. The number of rotatable bonds is 4. The summed E-state index contributed by atoms with van der Waals surface area (Å²) in [6.45, 7) is 7.93. The SMILES string of the molecule is CCn1nc(C)c(C(=O)NC[C@H]2CO2)c1C. The standard InChI is InChI=1S/C11H17N3O2/c1-4-14-8(3)10(7(2)13-14)11(15)12-5-9-6-16-9/h9H,4-6H2,1-3H3,(H,12,15)/t9-/m0/s1. The van der Waals surface area contributed by atoms with E-state index in [0.717, 1.165) is 24.5 Å². The number of nitrogens with one attached hydrogen (secondary N) is 1. The predicted molar refractivity (Wildman–Crippen MR) is 59.4 cm³/mol. The van der Waals surface area contributed by atoms with Crippen molar-refractivity contribution in [2.45, 2.75) is 33.4 Å². The van der Waals surface area contributed by atoms with Gasteiger partial charge in [-0.05, 0) is 20.8 Å². The number of nitrogens with zero attached hydrogens (tertiary/aromatic N) is 2. The van der Waals surface area contributed by atoms with Crippen LogP contribution in [0.4, 0.5) is 0 Å². The second-order valence-corrected chi connectivity index (χ2v) is 4.03. The molecule has 16 heavy (non-hydrogen) atoms. The molecule has 5 nitrogen and oxygen atoms in total. The topological polar surface area (TPSA) is 59.5 Å². The van der Waals surface area contributed by atoms with Gasteiger partial charge in [0.2, 0.25) is 0 Å². The van der Waals surface area contributed by atoms with Crippen molar-refractivity contribution in [1.29, 1.82) is 0 Å². The molecule has 1 aliphatic heterocycles. The third kappa shape index (κ3) is 2.09. The highest BCUT2D eigenvalue weighted by Crippen LogP contribution is 2.13. The molecule has 1 aromatic rings. The van der Waals surface area contributed by atoms with Crippen molar-refractivity contribution in [3.05, 3.63) is 17.0 Å². The van der Waals surface area contributed by atoms with E-state index in [1.807, 2.05) is 25.5 Å². The van der Waals surface area contributed by atoms with Crippen LogP contribution in [0.5, 0.6) is 0 Å². The zero-order valence-electron chi connectivity index (χ0n) is 9.91. The molecule has 88 valence electrons. The average Bonchev–Trinajstić information content (AvgIpc) is 3.02. The molecule has 5 heteroatoms. The first-order chi connectivity index (χ1) is 7.63. The smallest absolute Gasteiger partial charge is 0.255 e. The molecule has 1 saturated heterocycles. The lowest BCUT2D eigenvalue weighted by atomic mass is 10.2. The molecule has 1 aliphatic rings. The monoisotopic (exact) mass is 223 g/mol. The van der Waals surface area contributed by atoms with Gasteiger partial charge in [-0.25, -0.2) is 0 Å². The van der Waals surface area contributed by atoms with Crippen LogP contribution in [0.1, 0.15) is 28.7 Å². The molecule has 1 aromatic heterocycles. The van der Waals surface area contributed by atoms with Gasteiger partial charge >= 0.3 is 0 Å². The van der Waals surface area contributed by atoms with Gasteiger partial charge in [-0.2, -0.15) is 5.10 Å². The molecule has 0 bridgehead atoms. The van der Waals surface area contributed by atoms with Gasteiger partial charge < -0.3 is 10.1 Å². The van der Waals surface area contributed by atoms with Crippen molar-refractivity contribution in [2.24, 2.45) is 0 Å². The number of aryl methyl sites for hydroxylation is 2. The number of epoxide rings is 1. The Labute approximate surface area is 94.8 Å². The number of hydrogen-bond donors (Lipinski definition) is 1. The number of carbonyl (C=O) groups excluding carboxylic acids is 1. The minimum atomic E-state index is -0.0507. The van der Waals surface area contributed by atoms with Gasteiger partial charge in [0.05, 0.1) is 24.0 Å². The maximum atomic E-state index is 11.9. The Morgan fingerprint density at radius 3 is 2.81 bits per heavy atom. The Hall–Kier alpha value is -1.36. The first kappa shape index (κ1) is 11.1. The van der Waals surface area contributed by atoms with E-state index in [0.29, 0.717) is 12.1 Å². The van der Waals surface area contributed by atoms with Gasteiger partial charge in [-0.3, -0.25) is 9.48 Å². The van der Waals surface area contributed by atoms with E-state index in [1.165, 1.54) is 0 Å². The fourth-order valence-electron chi connectivity index (χ4n) is 1.81. The number of aromatic nitrogens is 2. The largest absolute Gasteiger partial charge is 0.371 e. The molecular formula is C11H17N3O2. The molecular weight excluding hydrogens is 206 g/mol. The third-order valence-electron chi connectivity index (χ3n) is 2.80. The van der Waals surface area contributed by atoms with Gasteiger partial charge in [0, 0.05) is 18.8 Å². The van der Waals surface area contributed by atoms with Crippen molar-refractivity contribution in [3.63, 3.8) is 0 Å². The average molecular weight is 223 g/mol. The zero-order valence-corrected chi connectivity index (χ0v) is 9.91. The summed E-state index contributed by atoms with van der Waals surface area (Å²) in [5, 5.41) is 7.18. The molecule has 1 amide bonds. The van der Waals surface area contributed by atoms with E-state index in [-0.39, 0.29) is 12.0 Å². The number of ether oxygens (including phenoxy) is 1. The summed E-state index contributed by atoms with van der Waals surface area (Å²) in [6, 6.07) is 0. The van der Waals surface area contributed by atoms with Crippen LogP contribution in [0.15, 0.2) is 0 Å². The first-order valence-electron chi connectivity index (χ1n) is 5.57. The van der Waals surface area contributed by atoms with Crippen molar-refractivity contribution >= 4 is 5.91 Å². The Morgan fingerprint density at radius 1 is 1.62 bits per heavy atom. The zero-order chi connectivity index (χ0) is 11.7. The van der Waals surface area contributed by atoms with Gasteiger partial charge in [-0.15, -0.1) is 0 Å². The lowest BCUT2D eigenvalue weighted by Crippen LogP contribution is -2.28. The Balaban J connectivity index is 2.11. The second kappa shape index (κ2) is 4.25. The minimum absolute atomic E-state index is 0.0507. The third-order valence-corrected chi connectivity index (χ3v) is 2.80. The van der Waals surface area contributed by atoms with Gasteiger partial charge in [0.15, 0.2) is 0 Å². The summed E-state index contributed by atoms with van der Waals surface area (Å²) in [4.78, 5) is 11.9. The quantitative estimate of drug-likeness (QED) is 0.762. The maximum absolute atomic E-state index is 11.9. The number of amides is 1. The van der Waals surface area contributed by atoms with Crippen LogP contribution in [-0.4, -0.2) is 34.9 Å². The highest BCUT2D eigenvalue weighted by molar-refractivity contribution is 5.96. The van der Waals surface area contributed by atoms with E-state index in [4.69, 9.17) is 4.74 Å². The molecule has 1 fully saturated rings. The Morgan fingerprint density at radius 2 is 2.31 bits per heavy atom. The van der Waals surface area contributed by atoms with E-state index in [2.05, 4.69) is 10.4 Å². The molecule has 1 N–H and O–H groups in total. The molecule has 0 aliphatic carbocycles. The van der Waals surface area contributed by atoms with E-state index in [9.17, 15) is 4.79 Å². The van der Waals surface area contributed by atoms with E-state index in [1.54, 1.807) is 0 Å². The highest BCUT2D eigenvalue weighted by Gasteiger charge is 2.24. The number of hydrogen-bond acceptors (Lipinski definition) is 3. The summed E-state index contributed by atoms with van der Waals surface area (Å²) < 4.78 is 6.89. The summed E-state index contributed by atoms with van der Waals surface area (Å²) in [5.74, 6) is -0.0507. The lowest BCUT2D eigenvalue weighted by Gasteiger charge is -2.04. The highest BCUT2D eigenvalue weighted by atomic mass is 16.6. The van der Waals surface area contributed by atoms with Crippen LogP contribution < -0.4 is 5.32 Å². The molecule has 0 radical (unpaired) electrons. The lowest BCUT2D eigenvalue weighted by molar-refractivity contribution is 0.0949.